The van der Waals surface area contributed by atoms with Crippen LogP contribution in [0.2, 0.25) is 5.15 Å². The molecule has 2 aliphatic rings. The highest BCUT2D eigenvalue weighted by molar-refractivity contribution is 14.1. The lowest BCUT2D eigenvalue weighted by atomic mass is 10.0. The van der Waals surface area contributed by atoms with Gasteiger partial charge >= 0.3 is 0 Å². The molecule has 2 atom stereocenters. The topological polar surface area (TPSA) is 25.8 Å². The van der Waals surface area contributed by atoms with Gasteiger partial charge in [-0.25, -0.2) is 9.97 Å². The standard InChI is InChI=1S/C15H20ClIN2S2/c1-2-10-13(21-8-7-20-10)15-18-12(9-5-3-4-6-9)11(17)14(16)19-15/h9-10,13H,2-8H2,1H3. The summed E-state index contributed by atoms with van der Waals surface area (Å²) in [5.74, 6) is 4.01. The first-order valence-corrected chi connectivity index (χ1v) is 11.2. The van der Waals surface area contributed by atoms with E-state index in [1.165, 1.54) is 49.3 Å². The number of rotatable bonds is 3. The molecule has 0 radical (unpaired) electrons. The highest BCUT2D eigenvalue weighted by atomic mass is 127. The maximum absolute atomic E-state index is 6.43. The molecule has 0 bridgehead atoms. The monoisotopic (exact) mass is 454 g/mol. The lowest BCUT2D eigenvalue weighted by Gasteiger charge is -2.29. The molecule has 6 heteroatoms. The van der Waals surface area contributed by atoms with Gasteiger partial charge in [-0.15, -0.1) is 11.8 Å². The predicted molar refractivity (Wildman–Crippen MR) is 103 cm³/mol. The average molecular weight is 455 g/mol. The fourth-order valence-corrected chi connectivity index (χ4v) is 7.05. The summed E-state index contributed by atoms with van der Waals surface area (Å²) in [6, 6.07) is 0. The molecule has 0 spiro atoms. The van der Waals surface area contributed by atoms with Crippen molar-refractivity contribution in [2.45, 2.75) is 55.4 Å². The van der Waals surface area contributed by atoms with E-state index in [-0.39, 0.29) is 0 Å². The van der Waals surface area contributed by atoms with Gasteiger partial charge < -0.3 is 0 Å². The van der Waals surface area contributed by atoms with Crippen LogP contribution in [-0.4, -0.2) is 26.7 Å². The van der Waals surface area contributed by atoms with Crippen LogP contribution >= 0.6 is 57.7 Å². The Labute approximate surface area is 154 Å². The van der Waals surface area contributed by atoms with Crippen LogP contribution in [0.25, 0.3) is 0 Å². The molecule has 3 rings (SSSR count). The molecule has 1 saturated carbocycles. The van der Waals surface area contributed by atoms with Crippen molar-refractivity contribution >= 4 is 57.7 Å². The van der Waals surface area contributed by atoms with E-state index < -0.39 is 0 Å². The molecule has 0 amide bonds. The number of hydrogen-bond acceptors (Lipinski definition) is 4. The Bertz CT molecular complexity index is 509. The molecule has 21 heavy (non-hydrogen) atoms. The maximum Gasteiger partial charge on any atom is 0.146 e. The summed E-state index contributed by atoms with van der Waals surface area (Å²) in [5.41, 5.74) is 1.22. The fourth-order valence-electron chi connectivity index (χ4n) is 3.19. The van der Waals surface area contributed by atoms with Crippen molar-refractivity contribution in [1.29, 1.82) is 0 Å². The van der Waals surface area contributed by atoms with Crippen molar-refractivity contribution in [2.24, 2.45) is 0 Å². The zero-order valence-electron chi connectivity index (χ0n) is 12.1. The van der Waals surface area contributed by atoms with Crippen LogP contribution in [0.3, 0.4) is 0 Å². The first-order valence-electron chi connectivity index (χ1n) is 7.66. The van der Waals surface area contributed by atoms with Crippen LogP contribution in [0.15, 0.2) is 0 Å². The second kappa shape index (κ2) is 7.58. The van der Waals surface area contributed by atoms with Gasteiger partial charge in [-0.2, -0.15) is 11.8 Å². The maximum atomic E-state index is 6.43. The van der Waals surface area contributed by atoms with Crippen molar-refractivity contribution < 1.29 is 0 Å². The minimum Gasteiger partial charge on any atom is -0.235 e. The van der Waals surface area contributed by atoms with Crippen LogP contribution in [0.5, 0.6) is 0 Å². The SMILES string of the molecule is CCC1SCCSC1c1nc(Cl)c(I)c(C2CCCC2)n1. The quantitative estimate of drug-likeness (QED) is 0.433. The average Bonchev–Trinajstić information content (AvgIpc) is 3.04. The number of nitrogens with zero attached hydrogens (tertiary/aromatic N) is 2. The summed E-state index contributed by atoms with van der Waals surface area (Å²) >= 11 is 12.8. The Hall–Kier alpha value is 0.800. The molecule has 2 nitrogen and oxygen atoms in total. The first-order chi connectivity index (χ1) is 10.2. The van der Waals surface area contributed by atoms with Crippen LogP contribution in [0.4, 0.5) is 0 Å². The van der Waals surface area contributed by atoms with Gasteiger partial charge in [-0.3, -0.25) is 0 Å². The second-order valence-electron chi connectivity index (χ2n) is 5.66. The Morgan fingerprint density at radius 1 is 1.19 bits per heavy atom. The molecule has 1 saturated heterocycles. The highest BCUT2D eigenvalue weighted by Crippen LogP contribution is 2.44. The molecule has 116 valence electrons. The second-order valence-corrected chi connectivity index (χ2v) is 9.70. The number of aromatic nitrogens is 2. The Morgan fingerprint density at radius 2 is 1.90 bits per heavy atom. The summed E-state index contributed by atoms with van der Waals surface area (Å²) in [6.45, 7) is 2.27. The van der Waals surface area contributed by atoms with E-state index in [1.807, 2.05) is 11.8 Å². The highest BCUT2D eigenvalue weighted by Gasteiger charge is 2.31. The first kappa shape index (κ1) is 16.7. The zero-order valence-corrected chi connectivity index (χ0v) is 16.7. The summed E-state index contributed by atoms with van der Waals surface area (Å²) in [4.78, 5) is 9.64. The summed E-state index contributed by atoms with van der Waals surface area (Å²) in [6.07, 6.45) is 6.33. The van der Waals surface area contributed by atoms with Gasteiger partial charge in [0.25, 0.3) is 0 Å². The third kappa shape index (κ3) is 3.66. The molecule has 2 unspecified atom stereocenters. The van der Waals surface area contributed by atoms with Gasteiger partial charge in [0, 0.05) is 22.7 Å². The van der Waals surface area contributed by atoms with Crippen molar-refractivity contribution in [3.63, 3.8) is 0 Å². The van der Waals surface area contributed by atoms with E-state index in [9.17, 15) is 0 Å². The van der Waals surface area contributed by atoms with Crippen LogP contribution < -0.4 is 0 Å². The molecule has 2 heterocycles. The summed E-state index contributed by atoms with van der Waals surface area (Å²) in [5, 5.41) is 1.69. The molecule has 0 aromatic carbocycles. The van der Waals surface area contributed by atoms with E-state index in [0.29, 0.717) is 21.6 Å². The Kier molecular flexibility index (Phi) is 6.01. The van der Waals surface area contributed by atoms with Crippen molar-refractivity contribution in [1.82, 2.24) is 9.97 Å². The largest absolute Gasteiger partial charge is 0.235 e. The van der Waals surface area contributed by atoms with Crippen molar-refractivity contribution in [3.8, 4) is 0 Å². The zero-order chi connectivity index (χ0) is 14.8. The van der Waals surface area contributed by atoms with Crippen LogP contribution in [0.1, 0.15) is 61.7 Å². The molecular formula is C15H20ClIN2S2. The van der Waals surface area contributed by atoms with Crippen molar-refractivity contribution in [2.75, 3.05) is 11.5 Å². The molecular weight excluding hydrogens is 435 g/mol. The number of hydrogen-bond donors (Lipinski definition) is 0. The van der Waals surface area contributed by atoms with Gasteiger partial charge in [0.1, 0.15) is 11.0 Å². The Balaban J connectivity index is 1.94. The fraction of sp³-hybridized carbons (Fsp3) is 0.733. The van der Waals surface area contributed by atoms with Gasteiger partial charge in [0.15, 0.2) is 0 Å². The lowest BCUT2D eigenvalue weighted by Crippen LogP contribution is -2.21. The lowest BCUT2D eigenvalue weighted by molar-refractivity contribution is 0.666. The summed E-state index contributed by atoms with van der Waals surface area (Å²) in [7, 11) is 0. The molecule has 1 aromatic rings. The Morgan fingerprint density at radius 3 is 2.62 bits per heavy atom. The smallest absolute Gasteiger partial charge is 0.146 e. The van der Waals surface area contributed by atoms with E-state index in [4.69, 9.17) is 16.6 Å². The summed E-state index contributed by atoms with van der Waals surface area (Å²) < 4.78 is 1.08. The van der Waals surface area contributed by atoms with Crippen LogP contribution in [0, 0.1) is 3.57 Å². The van der Waals surface area contributed by atoms with Gasteiger partial charge in [-0.1, -0.05) is 31.4 Å². The molecule has 0 N–H and O–H groups in total. The van der Waals surface area contributed by atoms with Gasteiger partial charge in [0.2, 0.25) is 0 Å². The molecule has 1 aromatic heterocycles. The van der Waals surface area contributed by atoms with Gasteiger partial charge in [0.05, 0.1) is 14.5 Å². The van der Waals surface area contributed by atoms with E-state index in [2.05, 4.69) is 46.3 Å². The van der Waals surface area contributed by atoms with E-state index >= 15 is 0 Å². The third-order valence-electron chi connectivity index (χ3n) is 4.30. The minimum atomic E-state index is 0.406. The minimum absolute atomic E-state index is 0.406. The normalized spacial score (nSPS) is 27.2. The van der Waals surface area contributed by atoms with Crippen molar-refractivity contribution in [3.05, 3.63) is 20.2 Å². The number of halogens is 2. The van der Waals surface area contributed by atoms with E-state index in [1.54, 1.807) is 0 Å². The number of thioether (sulfide) groups is 2. The van der Waals surface area contributed by atoms with Gasteiger partial charge in [-0.05, 0) is 41.9 Å². The predicted octanol–water partition coefficient (Wildman–Crippen LogP) is 5.69. The molecule has 2 fully saturated rings. The molecule has 1 aliphatic carbocycles. The van der Waals surface area contributed by atoms with Crippen LogP contribution in [-0.2, 0) is 0 Å². The third-order valence-corrected chi connectivity index (χ3v) is 9.20. The van der Waals surface area contributed by atoms with E-state index in [0.717, 1.165) is 9.39 Å². The molecule has 1 aliphatic heterocycles.